The molecular formula is C20H27ClN4O3S. The summed E-state index contributed by atoms with van der Waals surface area (Å²) in [6.45, 7) is 4.96. The van der Waals surface area contributed by atoms with Gasteiger partial charge in [-0.1, -0.05) is 55.4 Å². The second-order valence-electron chi connectivity index (χ2n) is 6.97. The molecule has 2 amide bonds. The number of benzene rings is 1. The Hall–Kier alpha value is -2.03. The first-order valence-electron chi connectivity index (χ1n) is 9.45. The number of thioether (sulfide) groups is 1. The van der Waals surface area contributed by atoms with Gasteiger partial charge in [0.05, 0.1) is 24.3 Å². The highest BCUT2D eigenvalue weighted by Gasteiger charge is 2.15. The van der Waals surface area contributed by atoms with Crippen molar-refractivity contribution < 1.29 is 14.7 Å². The molecule has 158 valence electrons. The Labute approximate surface area is 180 Å². The van der Waals surface area contributed by atoms with Gasteiger partial charge in [0.15, 0.2) is 5.16 Å². The van der Waals surface area contributed by atoms with Gasteiger partial charge in [0, 0.05) is 18.1 Å². The van der Waals surface area contributed by atoms with Crippen molar-refractivity contribution in [3.63, 3.8) is 0 Å². The van der Waals surface area contributed by atoms with E-state index in [1.807, 2.05) is 18.2 Å². The molecule has 0 aliphatic heterocycles. The van der Waals surface area contributed by atoms with Crippen molar-refractivity contribution in [3.05, 3.63) is 46.7 Å². The predicted octanol–water partition coefficient (Wildman–Crippen LogP) is 2.60. The Morgan fingerprint density at radius 2 is 2.00 bits per heavy atom. The van der Waals surface area contributed by atoms with Crippen molar-refractivity contribution in [2.75, 3.05) is 12.3 Å². The van der Waals surface area contributed by atoms with Crippen LogP contribution in [0.3, 0.4) is 0 Å². The third-order valence-electron chi connectivity index (χ3n) is 4.18. The Kier molecular flexibility index (Phi) is 9.50. The molecule has 0 radical (unpaired) electrons. The first-order valence-corrected chi connectivity index (χ1v) is 10.8. The summed E-state index contributed by atoms with van der Waals surface area (Å²) in [4.78, 5) is 28.6. The summed E-state index contributed by atoms with van der Waals surface area (Å²) in [5.41, 5.74) is 1.37. The third kappa shape index (κ3) is 7.72. The van der Waals surface area contributed by atoms with Gasteiger partial charge in [0.2, 0.25) is 11.8 Å². The molecule has 0 saturated carbocycles. The lowest BCUT2D eigenvalue weighted by molar-refractivity contribution is -0.122. The molecule has 0 atom stereocenters. The van der Waals surface area contributed by atoms with Crippen LogP contribution in [0, 0.1) is 5.92 Å². The van der Waals surface area contributed by atoms with E-state index in [0.717, 1.165) is 12.0 Å². The standard InChI is InChI=1S/C20H27ClN4O3S/c1-14(2)7-8-22-18(27)11-25-16(12-26)10-24-20(25)29-13-19(28)23-9-15-5-3-4-6-17(15)21/h3-6,10,14,26H,7-9,11-13H2,1-2H3,(H,22,27)(H,23,28). The first kappa shape index (κ1) is 23.3. The molecule has 2 aromatic rings. The van der Waals surface area contributed by atoms with Crippen LogP contribution in [0.5, 0.6) is 0 Å². The van der Waals surface area contributed by atoms with E-state index < -0.39 is 0 Å². The average molecular weight is 439 g/mol. The number of nitrogens with zero attached hydrogens (tertiary/aromatic N) is 2. The topological polar surface area (TPSA) is 96.2 Å². The molecule has 0 unspecified atom stereocenters. The Morgan fingerprint density at radius 1 is 1.24 bits per heavy atom. The van der Waals surface area contributed by atoms with Crippen molar-refractivity contribution in [3.8, 4) is 0 Å². The zero-order valence-electron chi connectivity index (χ0n) is 16.7. The molecule has 1 aromatic heterocycles. The normalized spacial score (nSPS) is 10.9. The number of aromatic nitrogens is 2. The van der Waals surface area contributed by atoms with E-state index in [1.165, 1.54) is 18.0 Å². The van der Waals surface area contributed by atoms with Crippen LogP contribution in [0.1, 0.15) is 31.5 Å². The SMILES string of the molecule is CC(C)CCNC(=O)Cn1c(CO)cnc1SCC(=O)NCc1ccccc1Cl. The van der Waals surface area contributed by atoms with Gasteiger partial charge in [-0.2, -0.15) is 0 Å². The number of aliphatic hydroxyl groups excluding tert-OH is 1. The van der Waals surface area contributed by atoms with E-state index in [4.69, 9.17) is 11.6 Å². The molecule has 0 fully saturated rings. The molecule has 2 rings (SSSR count). The monoisotopic (exact) mass is 438 g/mol. The lowest BCUT2D eigenvalue weighted by Gasteiger charge is -2.12. The van der Waals surface area contributed by atoms with Crippen molar-refractivity contribution in [2.24, 2.45) is 5.92 Å². The highest BCUT2D eigenvalue weighted by Crippen LogP contribution is 2.19. The molecule has 0 aliphatic rings. The minimum absolute atomic E-state index is 0.0531. The zero-order valence-corrected chi connectivity index (χ0v) is 18.2. The number of hydrogen-bond acceptors (Lipinski definition) is 5. The van der Waals surface area contributed by atoms with Gasteiger partial charge in [0.25, 0.3) is 0 Å². The Bertz CT molecular complexity index is 826. The predicted molar refractivity (Wildman–Crippen MR) is 115 cm³/mol. The molecule has 1 aromatic carbocycles. The van der Waals surface area contributed by atoms with Crippen LogP contribution in [0.15, 0.2) is 35.6 Å². The number of carbonyl (C=O) groups excluding carboxylic acids is 2. The van der Waals surface area contributed by atoms with Crippen LogP contribution in [-0.2, 0) is 29.3 Å². The Morgan fingerprint density at radius 3 is 2.69 bits per heavy atom. The highest BCUT2D eigenvalue weighted by atomic mass is 35.5. The van der Waals surface area contributed by atoms with Crippen molar-refractivity contribution in [1.29, 1.82) is 0 Å². The number of amides is 2. The van der Waals surface area contributed by atoms with Crippen LogP contribution >= 0.6 is 23.4 Å². The van der Waals surface area contributed by atoms with Crippen molar-refractivity contribution in [2.45, 2.75) is 45.1 Å². The van der Waals surface area contributed by atoms with E-state index in [2.05, 4.69) is 29.5 Å². The first-order chi connectivity index (χ1) is 13.9. The summed E-state index contributed by atoms with van der Waals surface area (Å²) in [7, 11) is 0. The maximum atomic E-state index is 12.2. The molecule has 1 heterocycles. The maximum absolute atomic E-state index is 12.2. The molecule has 0 saturated heterocycles. The quantitative estimate of drug-likeness (QED) is 0.468. The van der Waals surface area contributed by atoms with Crippen LogP contribution in [-0.4, -0.2) is 38.8 Å². The molecular weight excluding hydrogens is 412 g/mol. The summed E-state index contributed by atoms with van der Waals surface area (Å²) < 4.78 is 1.64. The van der Waals surface area contributed by atoms with E-state index in [9.17, 15) is 14.7 Å². The summed E-state index contributed by atoms with van der Waals surface area (Å²) in [5.74, 6) is 0.327. The largest absolute Gasteiger partial charge is 0.390 e. The molecule has 0 spiro atoms. The number of imidazole rings is 1. The van der Waals surface area contributed by atoms with Crippen LogP contribution in [0.25, 0.3) is 0 Å². The van der Waals surface area contributed by atoms with E-state index in [0.29, 0.717) is 34.9 Å². The van der Waals surface area contributed by atoms with Crippen molar-refractivity contribution >= 4 is 35.2 Å². The van der Waals surface area contributed by atoms with Gasteiger partial charge in [-0.15, -0.1) is 0 Å². The number of halogens is 1. The van der Waals surface area contributed by atoms with E-state index in [-0.39, 0.29) is 30.7 Å². The fourth-order valence-electron chi connectivity index (χ4n) is 2.52. The second kappa shape index (κ2) is 11.8. The number of rotatable bonds is 11. The molecule has 0 aliphatic carbocycles. The van der Waals surface area contributed by atoms with Gasteiger partial charge in [0.1, 0.15) is 6.54 Å². The Balaban J connectivity index is 1.88. The lowest BCUT2D eigenvalue weighted by atomic mass is 10.1. The molecule has 0 bridgehead atoms. The van der Waals surface area contributed by atoms with Gasteiger partial charge >= 0.3 is 0 Å². The summed E-state index contributed by atoms with van der Waals surface area (Å²) in [5, 5.41) is 16.3. The second-order valence-corrected chi connectivity index (χ2v) is 8.32. The molecule has 7 nitrogen and oxygen atoms in total. The molecule has 3 N–H and O–H groups in total. The minimum atomic E-state index is -0.231. The summed E-state index contributed by atoms with van der Waals surface area (Å²) in [6.07, 6.45) is 2.42. The van der Waals surface area contributed by atoms with Gasteiger partial charge in [-0.25, -0.2) is 4.98 Å². The summed E-state index contributed by atoms with van der Waals surface area (Å²) >= 11 is 7.31. The number of carbonyl (C=O) groups is 2. The lowest BCUT2D eigenvalue weighted by Crippen LogP contribution is -2.30. The minimum Gasteiger partial charge on any atom is -0.390 e. The van der Waals surface area contributed by atoms with Gasteiger partial charge in [-0.05, 0) is 24.0 Å². The number of nitrogens with one attached hydrogen (secondary N) is 2. The van der Waals surface area contributed by atoms with Gasteiger partial charge < -0.3 is 20.3 Å². The smallest absolute Gasteiger partial charge is 0.240 e. The third-order valence-corrected chi connectivity index (χ3v) is 5.53. The average Bonchev–Trinajstić information content (AvgIpc) is 3.07. The van der Waals surface area contributed by atoms with Crippen LogP contribution in [0.2, 0.25) is 5.02 Å². The van der Waals surface area contributed by atoms with Gasteiger partial charge in [-0.3, -0.25) is 9.59 Å². The fourth-order valence-corrected chi connectivity index (χ4v) is 3.55. The highest BCUT2D eigenvalue weighted by molar-refractivity contribution is 7.99. The number of hydrogen-bond donors (Lipinski definition) is 3. The zero-order chi connectivity index (χ0) is 21.2. The molecule has 29 heavy (non-hydrogen) atoms. The van der Waals surface area contributed by atoms with Crippen molar-refractivity contribution in [1.82, 2.24) is 20.2 Å². The van der Waals surface area contributed by atoms with Crippen LogP contribution in [0.4, 0.5) is 0 Å². The maximum Gasteiger partial charge on any atom is 0.240 e. The molecule has 9 heteroatoms. The van der Waals surface area contributed by atoms with E-state index in [1.54, 1.807) is 10.6 Å². The summed E-state index contributed by atoms with van der Waals surface area (Å²) in [6, 6.07) is 7.33. The van der Waals surface area contributed by atoms with Crippen LogP contribution < -0.4 is 10.6 Å². The number of aliphatic hydroxyl groups is 1. The fraction of sp³-hybridized carbons (Fsp3) is 0.450. The van der Waals surface area contributed by atoms with E-state index >= 15 is 0 Å².